The normalized spacial score (nSPS) is 10.5. The average Bonchev–Trinajstić information content (AvgIpc) is 2.74. The third-order valence-electron chi connectivity index (χ3n) is 2.70. The smallest absolute Gasteiger partial charge is 0.255 e. The molecule has 2 rings (SSSR count). The predicted molar refractivity (Wildman–Crippen MR) is 70.7 cm³/mol. The van der Waals surface area contributed by atoms with Crippen molar-refractivity contribution in [1.82, 2.24) is 4.90 Å². The molecular weight excluding hydrogens is 269 g/mol. The van der Waals surface area contributed by atoms with Gasteiger partial charge in [-0.1, -0.05) is 11.6 Å². The van der Waals surface area contributed by atoms with E-state index in [0.29, 0.717) is 12.3 Å². The number of benzene rings is 1. The van der Waals surface area contributed by atoms with Crippen molar-refractivity contribution in [3.05, 3.63) is 58.3 Å². The quantitative estimate of drug-likeness (QED) is 0.860. The summed E-state index contributed by atoms with van der Waals surface area (Å²) in [6.07, 6.45) is 0. The molecule has 0 radical (unpaired) electrons. The number of rotatable bonds is 3. The number of carbonyl (C=O) groups excluding carboxylic acids is 1. The minimum Gasteiger partial charge on any atom is -0.464 e. The molecule has 3 nitrogen and oxygen atoms in total. The van der Waals surface area contributed by atoms with Gasteiger partial charge in [-0.15, -0.1) is 0 Å². The van der Waals surface area contributed by atoms with Crippen LogP contribution in [0.4, 0.5) is 4.39 Å². The zero-order valence-corrected chi connectivity index (χ0v) is 11.4. The van der Waals surface area contributed by atoms with E-state index in [1.54, 1.807) is 7.05 Å². The number of hydrogen-bond acceptors (Lipinski definition) is 2. The first kappa shape index (κ1) is 13.6. The SMILES string of the molecule is Cc1ccc(CN(C)C(=O)c2ccc(F)cc2Cl)o1. The second kappa shape index (κ2) is 5.45. The van der Waals surface area contributed by atoms with Crippen LogP contribution in [0.2, 0.25) is 5.02 Å². The summed E-state index contributed by atoms with van der Waals surface area (Å²) in [7, 11) is 1.64. The molecule has 0 N–H and O–H groups in total. The molecule has 1 heterocycles. The van der Waals surface area contributed by atoms with Gasteiger partial charge in [0.15, 0.2) is 0 Å². The van der Waals surface area contributed by atoms with E-state index in [1.165, 1.54) is 17.0 Å². The van der Waals surface area contributed by atoms with Gasteiger partial charge in [-0.25, -0.2) is 4.39 Å². The van der Waals surface area contributed by atoms with Crippen molar-refractivity contribution in [3.8, 4) is 0 Å². The monoisotopic (exact) mass is 281 g/mol. The fourth-order valence-corrected chi connectivity index (χ4v) is 1.99. The van der Waals surface area contributed by atoms with E-state index in [4.69, 9.17) is 16.0 Å². The summed E-state index contributed by atoms with van der Waals surface area (Å²) in [4.78, 5) is 13.6. The molecular formula is C14H13ClFNO2. The Morgan fingerprint density at radius 2 is 2.11 bits per heavy atom. The summed E-state index contributed by atoms with van der Waals surface area (Å²) >= 11 is 5.86. The van der Waals surface area contributed by atoms with E-state index >= 15 is 0 Å². The molecule has 100 valence electrons. The van der Waals surface area contributed by atoms with Gasteiger partial charge in [0, 0.05) is 7.05 Å². The maximum atomic E-state index is 12.9. The number of furan rings is 1. The minimum atomic E-state index is -0.467. The van der Waals surface area contributed by atoms with Crippen molar-refractivity contribution in [1.29, 1.82) is 0 Å². The fourth-order valence-electron chi connectivity index (χ4n) is 1.74. The Hall–Kier alpha value is -1.81. The molecule has 0 atom stereocenters. The number of amides is 1. The van der Waals surface area contributed by atoms with Crippen LogP contribution in [0.1, 0.15) is 21.9 Å². The summed E-state index contributed by atoms with van der Waals surface area (Å²) in [5.41, 5.74) is 0.272. The van der Waals surface area contributed by atoms with E-state index in [1.807, 2.05) is 19.1 Å². The first-order valence-electron chi connectivity index (χ1n) is 5.73. The van der Waals surface area contributed by atoms with E-state index in [9.17, 15) is 9.18 Å². The fraction of sp³-hybridized carbons (Fsp3) is 0.214. The molecule has 0 aliphatic rings. The highest BCUT2D eigenvalue weighted by atomic mass is 35.5. The summed E-state index contributed by atoms with van der Waals surface area (Å²) in [6, 6.07) is 7.36. The molecule has 0 aliphatic carbocycles. The highest BCUT2D eigenvalue weighted by Gasteiger charge is 2.16. The van der Waals surface area contributed by atoms with Crippen molar-refractivity contribution in [2.45, 2.75) is 13.5 Å². The standard InChI is InChI=1S/C14H13ClFNO2/c1-9-3-5-11(19-9)8-17(2)14(18)12-6-4-10(16)7-13(12)15/h3-7H,8H2,1-2H3. The lowest BCUT2D eigenvalue weighted by Crippen LogP contribution is -2.26. The molecule has 2 aromatic rings. The zero-order chi connectivity index (χ0) is 14.0. The highest BCUT2D eigenvalue weighted by molar-refractivity contribution is 6.33. The third kappa shape index (κ3) is 3.15. The molecule has 0 saturated heterocycles. The Labute approximate surface area is 115 Å². The molecule has 19 heavy (non-hydrogen) atoms. The second-order valence-corrected chi connectivity index (χ2v) is 4.70. The maximum absolute atomic E-state index is 12.9. The molecule has 1 aromatic carbocycles. The van der Waals surface area contributed by atoms with Crippen LogP contribution in [0.5, 0.6) is 0 Å². The van der Waals surface area contributed by atoms with Crippen LogP contribution >= 0.6 is 11.6 Å². The summed E-state index contributed by atoms with van der Waals surface area (Å²) < 4.78 is 18.3. The van der Waals surface area contributed by atoms with Gasteiger partial charge < -0.3 is 9.32 Å². The van der Waals surface area contributed by atoms with Gasteiger partial charge in [0.1, 0.15) is 17.3 Å². The van der Waals surface area contributed by atoms with Gasteiger partial charge in [-0.3, -0.25) is 4.79 Å². The minimum absolute atomic E-state index is 0.104. The second-order valence-electron chi connectivity index (χ2n) is 4.30. The van der Waals surface area contributed by atoms with E-state index in [0.717, 1.165) is 11.8 Å². The number of nitrogens with zero attached hydrogens (tertiary/aromatic N) is 1. The zero-order valence-electron chi connectivity index (χ0n) is 10.6. The summed E-state index contributed by atoms with van der Waals surface area (Å²) in [6.45, 7) is 2.17. The van der Waals surface area contributed by atoms with Crippen LogP contribution in [-0.4, -0.2) is 17.9 Å². The number of hydrogen-bond donors (Lipinski definition) is 0. The molecule has 1 amide bonds. The number of carbonyl (C=O) groups is 1. The lowest BCUT2D eigenvalue weighted by atomic mass is 10.2. The molecule has 0 aliphatic heterocycles. The van der Waals surface area contributed by atoms with Crippen LogP contribution in [0, 0.1) is 12.7 Å². The summed E-state index contributed by atoms with van der Waals surface area (Å²) in [5, 5.41) is 0.104. The Balaban J connectivity index is 2.14. The van der Waals surface area contributed by atoms with E-state index in [2.05, 4.69) is 0 Å². The number of aryl methyl sites for hydroxylation is 1. The van der Waals surface area contributed by atoms with Crippen molar-refractivity contribution in [2.75, 3.05) is 7.05 Å². The van der Waals surface area contributed by atoms with E-state index in [-0.39, 0.29) is 16.5 Å². The first-order valence-corrected chi connectivity index (χ1v) is 6.11. The van der Waals surface area contributed by atoms with Crippen molar-refractivity contribution in [3.63, 3.8) is 0 Å². The van der Waals surface area contributed by atoms with Crippen LogP contribution in [0.25, 0.3) is 0 Å². The molecule has 0 unspecified atom stereocenters. The van der Waals surface area contributed by atoms with Crippen molar-refractivity contribution in [2.24, 2.45) is 0 Å². The largest absolute Gasteiger partial charge is 0.464 e. The lowest BCUT2D eigenvalue weighted by Gasteiger charge is -2.16. The molecule has 0 saturated carbocycles. The number of halogens is 2. The van der Waals surface area contributed by atoms with E-state index < -0.39 is 5.82 Å². The van der Waals surface area contributed by atoms with Gasteiger partial charge in [0.25, 0.3) is 5.91 Å². The van der Waals surface area contributed by atoms with Gasteiger partial charge in [-0.05, 0) is 37.3 Å². The van der Waals surface area contributed by atoms with Gasteiger partial charge in [0.05, 0.1) is 17.1 Å². The summed E-state index contributed by atoms with van der Waals surface area (Å²) in [5.74, 6) is 0.729. The van der Waals surface area contributed by atoms with Crippen molar-refractivity contribution >= 4 is 17.5 Å². The van der Waals surface area contributed by atoms with Gasteiger partial charge in [-0.2, -0.15) is 0 Å². The van der Waals surface area contributed by atoms with Crippen LogP contribution in [0.3, 0.4) is 0 Å². The molecule has 0 bridgehead atoms. The topological polar surface area (TPSA) is 33.5 Å². The lowest BCUT2D eigenvalue weighted by molar-refractivity contribution is 0.0775. The Morgan fingerprint density at radius 3 is 2.68 bits per heavy atom. The highest BCUT2D eigenvalue weighted by Crippen LogP contribution is 2.19. The molecule has 5 heteroatoms. The van der Waals surface area contributed by atoms with Crippen LogP contribution in [-0.2, 0) is 6.54 Å². The van der Waals surface area contributed by atoms with Gasteiger partial charge >= 0.3 is 0 Å². The Morgan fingerprint density at radius 1 is 1.37 bits per heavy atom. The average molecular weight is 282 g/mol. The maximum Gasteiger partial charge on any atom is 0.255 e. The Kier molecular flexibility index (Phi) is 3.90. The van der Waals surface area contributed by atoms with Crippen LogP contribution < -0.4 is 0 Å². The predicted octanol–water partition coefficient (Wildman–Crippen LogP) is 3.65. The molecule has 0 spiro atoms. The molecule has 1 aromatic heterocycles. The van der Waals surface area contributed by atoms with Crippen LogP contribution in [0.15, 0.2) is 34.7 Å². The van der Waals surface area contributed by atoms with Gasteiger partial charge in [0.2, 0.25) is 0 Å². The Bertz CT molecular complexity index is 609. The first-order chi connectivity index (χ1) is 8.97. The van der Waals surface area contributed by atoms with Crippen molar-refractivity contribution < 1.29 is 13.6 Å². The molecule has 0 fully saturated rings. The third-order valence-corrected chi connectivity index (χ3v) is 3.01.